The number of anilines is 9. The van der Waals surface area contributed by atoms with Gasteiger partial charge in [-0.15, -0.1) is 11.3 Å². The van der Waals surface area contributed by atoms with Crippen molar-refractivity contribution in [3.8, 4) is 33.4 Å². The minimum Gasteiger partial charge on any atom is -0.311 e. The lowest BCUT2D eigenvalue weighted by atomic mass is 9.87. The summed E-state index contributed by atoms with van der Waals surface area (Å²) < 4.78 is 2.60. The van der Waals surface area contributed by atoms with E-state index in [-0.39, 0.29) is 0 Å². The van der Waals surface area contributed by atoms with Gasteiger partial charge < -0.3 is 14.7 Å². The zero-order valence-electron chi connectivity index (χ0n) is 37.1. The van der Waals surface area contributed by atoms with Gasteiger partial charge in [0.1, 0.15) is 0 Å². The van der Waals surface area contributed by atoms with E-state index in [1.54, 1.807) is 0 Å². The molecule has 11 aromatic carbocycles. The third-order valence-electron chi connectivity index (χ3n) is 13.4. The lowest BCUT2D eigenvalue weighted by molar-refractivity contribution is 1.26. The summed E-state index contributed by atoms with van der Waals surface area (Å²) >= 11 is 1.85. The third kappa shape index (κ3) is 6.81. The zero-order valence-corrected chi connectivity index (χ0v) is 37.9. The van der Waals surface area contributed by atoms with Crippen LogP contribution in [-0.4, -0.2) is 0 Å². The van der Waals surface area contributed by atoms with Crippen LogP contribution in [0, 0.1) is 0 Å². The Morgan fingerprint density at radius 2 is 0.779 bits per heavy atom. The Labute approximate surface area is 400 Å². The van der Waals surface area contributed by atoms with Crippen molar-refractivity contribution >= 4 is 93.5 Å². The molecule has 13 rings (SSSR count). The molecule has 0 unspecified atom stereocenters. The topological polar surface area (TPSA) is 9.72 Å². The van der Waals surface area contributed by atoms with Gasteiger partial charge in [0.05, 0.1) is 11.4 Å². The van der Waals surface area contributed by atoms with Gasteiger partial charge in [-0.1, -0.05) is 152 Å². The van der Waals surface area contributed by atoms with E-state index in [1.165, 1.54) is 75.7 Å². The minimum atomic E-state index is 1.10. The summed E-state index contributed by atoms with van der Waals surface area (Å²) in [7, 11) is 0. The molecule has 1 aliphatic rings. The summed E-state index contributed by atoms with van der Waals surface area (Å²) in [6.45, 7) is 0. The maximum absolute atomic E-state index is 2.44. The van der Waals surface area contributed by atoms with Crippen LogP contribution in [0.2, 0.25) is 0 Å². The first-order chi connectivity index (χ1) is 33.7. The second-order valence-electron chi connectivity index (χ2n) is 17.3. The highest BCUT2D eigenvalue weighted by atomic mass is 32.1. The summed E-state index contributed by atoms with van der Waals surface area (Å²) in [6, 6.07) is 94.8. The molecule has 320 valence electrons. The smallest absolute Gasteiger partial charge is 0.0546 e. The Hall–Kier alpha value is -8.70. The molecule has 0 saturated heterocycles. The summed E-state index contributed by atoms with van der Waals surface area (Å²) in [6.07, 6.45) is 0. The highest BCUT2D eigenvalue weighted by Gasteiger charge is 2.27. The van der Waals surface area contributed by atoms with Crippen LogP contribution in [0.5, 0.6) is 0 Å². The van der Waals surface area contributed by atoms with Gasteiger partial charge in [-0.25, -0.2) is 0 Å². The molecule has 12 aromatic rings. The Morgan fingerprint density at radius 3 is 1.49 bits per heavy atom. The predicted molar refractivity (Wildman–Crippen MR) is 291 cm³/mol. The molecule has 2 heterocycles. The van der Waals surface area contributed by atoms with Crippen LogP contribution in [0.1, 0.15) is 0 Å². The Morgan fingerprint density at radius 1 is 0.279 bits per heavy atom. The Balaban J connectivity index is 0.897. The van der Waals surface area contributed by atoms with Gasteiger partial charge in [0.15, 0.2) is 0 Å². The van der Waals surface area contributed by atoms with Crippen molar-refractivity contribution < 1.29 is 0 Å². The monoisotopic (exact) mass is 885 g/mol. The van der Waals surface area contributed by atoms with Crippen LogP contribution < -0.4 is 14.7 Å². The van der Waals surface area contributed by atoms with Crippen molar-refractivity contribution in [2.45, 2.75) is 0 Å². The standard InChI is InChI=1S/C64H43N3S/c1-4-15-44(16-5-1)45-27-31-49(32-28-45)66(53-39-42-63-59(43-53)56-22-11-13-26-62(56)68-63)50-33-29-46(30-34-50)54-40-41-61-64-57(54)23-14-24-58(64)55-21-10-12-25-60(55)67(61)52-37-35-51(36-38-52)65(47-17-6-2-7-18-47)48-19-8-3-9-20-48/h1-43H. The van der Waals surface area contributed by atoms with Gasteiger partial charge in [0.25, 0.3) is 0 Å². The van der Waals surface area contributed by atoms with Crippen LogP contribution in [0.25, 0.3) is 64.3 Å². The Kier molecular flexibility index (Phi) is 9.69. The predicted octanol–water partition coefficient (Wildman–Crippen LogP) is 18.9. The number of fused-ring (bicyclic) bond motifs is 5. The molecule has 0 bridgehead atoms. The fourth-order valence-electron chi connectivity index (χ4n) is 10.2. The molecule has 0 saturated carbocycles. The quantitative estimate of drug-likeness (QED) is 0.143. The fraction of sp³-hybridized carbons (Fsp3) is 0. The SMILES string of the molecule is c1ccc(-c2ccc(N(c3ccc(-c4ccc5c6c(cccc46)-c4ccccc4N5c4ccc(N(c5ccccc5)c5ccccc5)cc4)cc3)c3ccc4sc5ccccc5c4c3)cc2)cc1. The molecule has 68 heavy (non-hydrogen) atoms. The Bertz CT molecular complexity index is 3730. The molecule has 0 aliphatic carbocycles. The number of hydrogen-bond donors (Lipinski definition) is 0. The van der Waals surface area contributed by atoms with E-state index in [1.807, 2.05) is 11.3 Å². The van der Waals surface area contributed by atoms with Gasteiger partial charge >= 0.3 is 0 Å². The second kappa shape index (κ2) is 16.6. The van der Waals surface area contributed by atoms with E-state index in [0.717, 1.165) is 39.8 Å². The van der Waals surface area contributed by atoms with Crippen molar-refractivity contribution in [3.63, 3.8) is 0 Å². The molecule has 0 amide bonds. The summed E-state index contributed by atoms with van der Waals surface area (Å²) in [4.78, 5) is 7.14. The number of thiophene rings is 1. The molecular formula is C64H43N3S. The van der Waals surface area contributed by atoms with Crippen LogP contribution in [0.15, 0.2) is 261 Å². The van der Waals surface area contributed by atoms with Crippen LogP contribution in [0.4, 0.5) is 51.2 Å². The van der Waals surface area contributed by atoms with E-state index < -0.39 is 0 Å². The zero-order chi connectivity index (χ0) is 45.0. The molecule has 1 aliphatic heterocycles. The van der Waals surface area contributed by atoms with E-state index in [0.29, 0.717) is 0 Å². The summed E-state index contributed by atoms with van der Waals surface area (Å²) in [5.74, 6) is 0. The van der Waals surface area contributed by atoms with Gasteiger partial charge in [0.2, 0.25) is 0 Å². The van der Waals surface area contributed by atoms with Gasteiger partial charge in [-0.3, -0.25) is 0 Å². The van der Waals surface area contributed by atoms with Crippen LogP contribution >= 0.6 is 11.3 Å². The molecule has 1 aromatic heterocycles. The number of nitrogens with zero attached hydrogens (tertiary/aromatic N) is 3. The average molecular weight is 886 g/mol. The molecule has 0 fully saturated rings. The molecular weight excluding hydrogens is 843 g/mol. The van der Waals surface area contributed by atoms with E-state index >= 15 is 0 Å². The second-order valence-corrected chi connectivity index (χ2v) is 18.4. The molecule has 0 spiro atoms. The molecule has 4 heteroatoms. The normalized spacial score (nSPS) is 11.8. The lowest BCUT2D eigenvalue weighted by Crippen LogP contribution is -2.15. The van der Waals surface area contributed by atoms with Crippen molar-refractivity contribution in [2.75, 3.05) is 14.7 Å². The largest absolute Gasteiger partial charge is 0.311 e. The van der Waals surface area contributed by atoms with Gasteiger partial charge in [-0.2, -0.15) is 0 Å². The van der Waals surface area contributed by atoms with Gasteiger partial charge in [-0.05, 0) is 142 Å². The van der Waals surface area contributed by atoms with Crippen molar-refractivity contribution in [2.24, 2.45) is 0 Å². The number of rotatable bonds is 9. The lowest BCUT2D eigenvalue weighted by Gasteiger charge is -2.34. The first-order valence-corrected chi connectivity index (χ1v) is 24.0. The summed E-state index contributed by atoms with van der Waals surface area (Å²) in [5.41, 5.74) is 17.4. The highest BCUT2D eigenvalue weighted by molar-refractivity contribution is 7.25. The first-order valence-electron chi connectivity index (χ1n) is 23.2. The molecule has 3 nitrogen and oxygen atoms in total. The maximum Gasteiger partial charge on any atom is 0.0546 e. The number of hydrogen-bond acceptors (Lipinski definition) is 4. The molecule has 0 N–H and O–H groups in total. The van der Waals surface area contributed by atoms with Gasteiger partial charge in [0, 0.05) is 70.9 Å². The number of para-hydroxylation sites is 3. The van der Waals surface area contributed by atoms with Crippen molar-refractivity contribution in [1.29, 1.82) is 0 Å². The van der Waals surface area contributed by atoms with Crippen LogP contribution in [0.3, 0.4) is 0 Å². The average Bonchev–Trinajstić information content (AvgIpc) is 3.79. The van der Waals surface area contributed by atoms with Crippen LogP contribution in [-0.2, 0) is 0 Å². The number of benzene rings is 11. The third-order valence-corrected chi connectivity index (χ3v) is 14.5. The van der Waals surface area contributed by atoms with Crippen molar-refractivity contribution in [3.05, 3.63) is 261 Å². The fourth-order valence-corrected chi connectivity index (χ4v) is 11.3. The minimum absolute atomic E-state index is 1.10. The first kappa shape index (κ1) is 39.6. The maximum atomic E-state index is 2.44. The van der Waals surface area contributed by atoms with Crippen molar-refractivity contribution in [1.82, 2.24) is 0 Å². The molecule has 0 atom stereocenters. The molecule has 0 radical (unpaired) electrons. The summed E-state index contributed by atoms with van der Waals surface area (Å²) in [5, 5.41) is 5.06. The highest BCUT2D eigenvalue weighted by Crippen LogP contribution is 2.53. The van der Waals surface area contributed by atoms with E-state index in [4.69, 9.17) is 0 Å². The van der Waals surface area contributed by atoms with E-state index in [9.17, 15) is 0 Å². The van der Waals surface area contributed by atoms with E-state index in [2.05, 4.69) is 276 Å².